The molecule has 2 aromatic rings. The SMILES string of the molecule is CC1CC(=O)c2c(OCC(=O)Nc3ccc(C(=O)N(C)C)cc3)ccc(F)c21. The third-order valence-corrected chi connectivity index (χ3v) is 4.60. The van der Waals surface area contributed by atoms with Crippen LogP contribution in [0.3, 0.4) is 0 Å². The molecule has 1 unspecified atom stereocenters. The number of ether oxygens (including phenoxy) is 1. The molecule has 0 spiro atoms. The molecular weight excluding hydrogens is 363 g/mol. The maximum Gasteiger partial charge on any atom is 0.262 e. The van der Waals surface area contributed by atoms with Crippen molar-refractivity contribution in [2.45, 2.75) is 19.3 Å². The van der Waals surface area contributed by atoms with Crippen molar-refractivity contribution in [2.24, 2.45) is 0 Å². The van der Waals surface area contributed by atoms with Gasteiger partial charge in [-0.15, -0.1) is 0 Å². The summed E-state index contributed by atoms with van der Waals surface area (Å²) in [5.41, 5.74) is 1.60. The van der Waals surface area contributed by atoms with E-state index in [-0.39, 0.29) is 41.9 Å². The van der Waals surface area contributed by atoms with E-state index in [1.165, 1.54) is 17.0 Å². The second-order valence-electron chi connectivity index (χ2n) is 6.98. The highest BCUT2D eigenvalue weighted by Crippen LogP contribution is 2.39. The van der Waals surface area contributed by atoms with Crippen LogP contribution in [-0.2, 0) is 4.79 Å². The van der Waals surface area contributed by atoms with Gasteiger partial charge in [0.05, 0.1) is 5.56 Å². The lowest BCUT2D eigenvalue weighted by atomic mass is 10.0. The summed E-state index contributed by atoms with van der Waals surface area (Å²) in [6.07, 6.45) is 0.233. The highest BCUT2D eigenvalue weighted by atomic mass is 19.1. The van der Waals surface area contributed by atoms with Gasteiger partial charge in [-0.25, -0.2) is 4.39 Å². The zero-order valence-electron chi connectivity index (χ0n) is 15.9. The molecule has 0 heterocycles. The van der Waals surface area contributed by atoms with Crippen molar-refractivity contribution in [3.63, 3.8) is 0 Å². The Morgan fingerprint density at radius 1 is 1.18 bits per heavy atom. The van der Waals surface area contributed by atoms with Crippen LogP contribution in [0.25, 0.3) is 0 Å². The second kappa shape index (κ2) is 7.80. The molecule has 1 atom stereocenters. The van der Waals surface area contributed by atoms with Gasteiger partial charge < -0.3 is 15.0 Å². The van der Waals surface area contributed by atoms with E-state index >= 15 is 0 Å². The van der Waals surface area contributed by atoms with E-state index < -0.39 is 11.7 Å². The first-order valence-electron chi connectivity index (χ1n) is 8.88. The number of hydrogen-bond donors (Lipinski definition) is 1. The minimum absolute atomic E-state index is 0.134. The van der Waals surface area contributed by atoms with E-state index in [1.54, 1.807) is 45.3 Å². The maximum absolute atomic E-state index is 14.0. The zero-order valence-corrected chi connectivity index (χ0v) is 15.9. The summed E-state index contributed by atoms with van der Waals surface area (Å²) in [4.78, 5) is 37.6. The van der Waals surface area contributed by atoms with E-state index in [0.29, 0.717) is 16.8 Å². The molecule has 2 aromatic carbocycles. The van der Waals surface area contributed by atoms with Crippen LogP contribution >= 0.6 is 0 Å². The Morgan fingerprint density at radius 2 is 1.86 bits per heavy atom. The fraction of sp³-hybridized carbons (Fsp3) is 0.286. The van der Waals surface area contributed by atoms with Crippen molar-refractivity contribution in [2.75, 3.05) is 26.0 Å². The van der Waals surface area contributed by atoms with Crippen LogP contribution in [0.2, 0.25) is 0 Å². The molecule has 3 rings (SSSR count). The molecule has 0 aliphatic heterocycles. The van der Waals surface area contributed by atoms with Gasteiger partial charge in [0.2, 0.25) is 0 Å². The molecule has 0 aromatic heterocycles. The minimum atomic E-state index is -0.433. The first kappa shape index (κ1) is 19.5. The monoisotopic (exact) mass is 384 g/mol. The zero-order chi connectivity index (χ0) is 20.4. The molecule has 6 nitrogen and oxygen atoms in total. The summed E-state index contributed by atoms with van der Waals surface area (Å²) < 4.78 is 19.5. The molecule has 0 saturated heterocycles. The predicted molar refractivity (Wildman–Crippen MR) is 102 cm³/mol. The number of nitrogens with zero attached hydrogens (tertiary/aromatic N) is 1. The van der Waals surface area contributed by atoms with Crippen LogP contribution in [0.15, 0.2) is 36.4 Å². The first-order valence-corrected chi connectivity index (χ1v) is 8.88. The summed E-state index contributed by atoms with van der Waals surface area (Å²) in [6, 6.07) is 9.10. The molecule has 7 heteroatoms. The van der Waals surface area contributed by atoms with Gasteiger partial charge in [0.15, 0.2) is 12.4 Å². The number of fused-ring (bicyclic) bond motifs is 1. The van der Waals surface area contributed by atoms with Crippen LogP contribution in [-0.4, -0.2) is 43.2 Å². The average molecular weight is 384 g/mol. The van der Waals surface area contributed by atoms with Gasteiger partial charge >= 0.3 is 0 Å². The van der Waals surface area contributed by atoms with Crippen LogP contribution < -0.4 is 10.1 Å². The molecular formula is C21H21FN2O4. The molecule has 0 fully saturated rings. The second-order valence-corrected chi connectivity index (χ2v) is 6.98. The first-order chi connectivity index (χ1) is 13.3. The smallest absolute Gasteiger partial charge is 0.262 e. The number of ketones is 1. The molecule has 0 bridgehead atoms. The Morgan fingerprint density at radius 3 is 2.50 bits per heavy atom. The Labute approximate surface area is 162 Å². The fourth-order valence-electron chi connectivity index (χ4n) is 3.24. The molecule has 1 aliphatic rings. The number of hydrogen-bond acceptors (Lipinski definition) is 4. The number of anilines is 1. The van der Waals surface area contributed by atoms with E-state index in [2.05, 4.69) is 5.32 Å². The Bertz CT molecular complexity index is 938. The molecule has 146 valence electrons. The quantitative estimate of drug-likeness (QED) is 0.859. The lowest BCUT2D eigenvalue weighted by Gasteiger charge is -2.13. The average Bonchev–Trinajstić information content (AvgIpc) is 2.96. The lowest BCUT2D eigenvalue weighted by Crippen LogP contribution is -2.22. The molecule has 1 N–H and O–H groups in total. The van der Waals surface area contributed by atoms with E-state index in [4.69, 9.17) is 4.74 Å². The van der Waals surface area contributed by atoms with Crippen molar-refractivity contribution in [1.29, 1.82) is 0 Å². The lowest BCUT2D eigenvalue weighted by molar-refractivity contribution is -0.118. The standard InChI is InChI=1S/C21H21FN2O4/c1-12-10-16(25)20-17(9-8-15(22)19(12)20)28-11-18(26)23-14-6-4-13(5-7-14)21(27)24(2)3/h4-9,12H,10-11H2,1-3H3,(H,23,26). The largest absolute Gasteiger partial charge is 0.483 e. The van der Waals surface area contributed by atoms with Crippen LogP contribution in [0.4, 0.5) is 10.1 Å². The molecule has 1 aliphatic carbocycles. The Kier molecular flexibility index (Phi) is 5.44. The minimum Gasteiger partial charge on any atom is -0.483 e. The summed E-state index contributed by atoms with van der Waals surface area (Å²) >= 11 is 0. The number of carbonyl (C=O) groups excluding carboxylic acids is 3. The van der Waals surface area contributed by atoms with E-state index in [1.807, 2.05) is 0 Å². The number of amides is 2. The van der Waals surface area contributed by atoms with Crippen LogP contribution in [0, 0.1) is 5.82 Å². The van der Waals surface area contributed by atoms with Gasteiger partial charge in [0, 0.05) is 37.3 Å². The van der Waals surface area contributed by atoms with Crippen LogP contribution in [0.1, 0.15) is 45.5 Å². The third kappa shape index (κ3) is 3.88. The van der Waals surface area contributed by atoms with Gasteiger partial charge in [-0.2, -0.15) is 0 Å². The van der Waals surface area contributed by atoms with Crippen LogP contribution in [0.5, 0.6) is 5.75 Å². The van der Waals surface area contributed by atoms with Crippen molar-refractivity contribution < 1.29 is 23.5 Å². The van der Waals surface area contributed by atoms with Crippen molar-refractivity contribution in [3.05, 3.63) is 58.9 Å². The highest BCUT2D eigenvalue weighted by molar-refractivity contribution is 6.04. The molecule has 28 heavy (non-hydrogen) atoms. The maximum atomic E-state index is 14.0. The van der Waals surface area contributed by atoms with Gasteiger partial charge in [0.25, 0.3) is 11.8 Å². The molecule has 0 radical (unpaired) electrons. The number of carbonyl (C=O) groups is 3. The predicted octanol–water partition coefficient (Wildman–Crippen LogP) is 3.23. The van der Waals surface area contributed by atoms with Gasteiger partial charge in [-0.3, -0.25) is 14.4 Å². The van der Waals surface area contributed by atoms with Gasteiger partial charge in [0.1, 0.15) is 11.6 Å². The van der Waals surface area contributed by atoms with Crippen molar-refractivity contribution in [1.82, 2.24) is 4.90 Å². The molecule has 0 saturated carbocycles. The number of rotatable bonds is 5. The molecule has 2 amide bonds. The topological polar surface area (TPSA) is 75.7 Å². The summed E-state index contributed by atoms with van der Waals surface area (Å²) in [5.74, 6) is -1.17. The fourth-order valence-corrected chi connectivity index (χ4v) is 3.24. The van der Waals surface area contributed by atoms with Crippen molar-refractivity contribution >= 4 is 23.3 Å². The van der Waals surface area contributed by atoms with E-state index in [9.17, 15) is 18.8 Å². The summed E-state index contributed by atoms with van der Waals surface area (Å²) in [6.45, 7) is 1.46. The summed E-state index contributed by atoms with van der Waals surface area (Å²) in [7, 11) is 3.32. The van der Waals surface area contributed by atoms with Crippen molar-refractivity contribution in [3.8, 4) is 5.75 Å². The number of benzene rings is 2. The van der Waals surface area contributed by atoms with Gasteiger partial charge in [-0.05, 0) is 42.3 Å². The number of nitrogens with one attached hydrogen (secondary N) is 1. The Hall–Kier alpha value is -3.22. The Balaban J connectivity index is 1.64. The summed E-state index contributed by atoms with van der Waals surface area (Å²) in [5, 5.41) is 2.66. The van der Waals surface area contributed by atoms with Gasteiger partial charge in [-0.1, -0.05) is 6.92 Å². The number of halogens is 1. The van der Waals surface area contributed by atoms with E-state index in [0.717, 1.165) is 0 Å². The third-order valence-electron chi connectivity index (χ3n) is 4.60. The number of Topliss-reactive ketones (excluding diaryl/α,β-unsaturated/α-hetero) is 1. The normalized spacial score (nSPS) is 15.1. The highest BCUT2D eigenvalue weighted by Gasteiger charge is 2.32.